The van der Waals surface area contributed by atoms with Crippen LogP contribution in [-0.4, -0.2) is 30.4 Å². The molecule has 2 aliphatic rings. The number of aryl methyl sites for hydroxylation is 1. The number of hydrogen-bond acceptors (Lipinski definition) is 2. The summed E-state index contributed by atoms with van der Waals surface area (Å²) in [6.45, 7) is 5.97. The first kappa shape index (κ1) is 12.7. The van der Waals surface area contributed by atoms with Gasteiger partial charge in [0.05, 0.1) is 0 Å². The first-order valence-electron chi connectivity index (χ1n) is 7.22. The maximum Gasteiger partial charge on any atom is 0.223 e. The summed E-state index contributed by atoms with van der Waals surface area (Å²) in [5.41, 5.74) is 2.81. The van der Waals surface area contributed by atoms with Crippen molar-refractivity contribution in [2.24, 2.45) is 5.41 Å². The summed E-state index contributed by atoms with van der Waals surface area (Å²) in [5, 5.41) is 3.39. The number of nitrogens with zero attached hydrogens (tertiary/aromatic N) is 1. The normalized spacial score (nSPS) is 22.2. The summed E-state index contributed by atoms with van der Waals surface area (Å²) in [5.74, 6) is 0.338. The second-order valence-electron chi connectivity index (χ2n) is 6.10. The zero-order valence-corrected chi connectivity index (χ0v) is 11.6. The summed E-state index contributed by atoms with van der Waals surface area (Å²) >= 11 is 0. The molecule has 2 fully saturated rings. The Balaban J connectivity index is 1.72. The van der Waals surface area contributed by atoms with E-state index in [4.69, 9.17) is 0 Å². The van der Waals surface area contributed by atoms with Gasteiger partial charge >= 0.3 is 0 Å². The molecule has 102 valence electrons. The molecule has 1 aromatic rings. The van der Waals surface area contributed by atoms with Crippen LogP contribution in [0.2, 0.25) is 0 Å². The van der Waals surface area contributed by atoms with Crippen molar-refractivity contribution in [3.05, 3.63) is 35.4 Å². The smallest absolute Gasteiger partial charge is 0.223 e. The number of hydrogen-bond donors (Lipinski definition) is 1. The Bertz CT molecular complexity index is 477. The van der Waals surface area contributed by atoms with E-state index in [0.717, 1.165) is 45.4 Å². The molecule has 1 aromatic carbocycles. The fourth-order valence-corrected chi connectivity index (χ4v) is 3.41. The van der Waals surface area contributed by atoms with E-state index < -0.39 is 0 Å². The van der Waals surface area contributed by atoms with Crippen LogP contribution >= 0.6 is 0 Å². The molecule has 2 aliphatic heterocycles. The Kier molecular flexibility index (Phi) is 3.31. The molecule has 0 bridgehead atoms. The number of piperidine rings is 1. The molecule has 0 atom stereocenters. The van der Waals surface area contributed by atoms with Crippen molar-refractivity contribution >= 4 is 5.91 Å². The summed E-state index contributed by atoms with van der Waals surface area (Å²) in [7, 11) is 0. The number of carbonyl (C=O) groups is 1. The molecule has 1 spiro atoms. The third-order valence-corrected chi connectivity index (χ3v) is 4.69. The minimum atomic E-state index is 0.255. The fraction of sp³-hybridized carbons (Fsp3) is 0.562. The topological polar surface area (TPSA) is 32.3 Å². The number of carbonyl (C=O) groups excluding carboxylic acids is 1. The van der Waals surface area contributed by atoms with Gasteiger partial charge in [0.2, 0.25) is 5.91 Å². The Morgan fingerprint density at radius 2 is 2.00 bits per heavy atom. The van der Waals surface area contributed by atoms with Gasteiger partial charge in [0.15, 0.2) is 0 Å². The van der Waals surface area contributed by atoms with Crippen LogP contribution in [0.15, 0.2) is 24.3 Å². The number of nitrogens with one attached hydrogen (secondary N) is 1. The minimum absolute atomic E-state index is 0.255. The van der Waals surface area contributed by atoms with Gasteiger partial charge in [-0.05, 0) is 49.4 Å². The highest BCUT2D eigenvalue weighted by Crippen LogP contribution is 2.39. The SMILES string of the molecule is Cc1ccccc1CN1CC2(CCNCC2)CC1=O. The van der Waals surface area contributed by atoms with E-state index in [0.29, 0.717) is 5.91 Å². The molecule has 3 heteroatoms. The van der Waals surface area contributed by atoms with E-state index in [1.807, 2.05) is 0 Å². The van der Waals surface area contributed by atoms with Crippen LogP contribution in [0.3, 0.4) is 0 Å². The van der Waals surface area contributed by atoms with Gasteiger partial charge in [-0.15, -0.1) is 0 Å². The van der Waals surface area contributed by atoms with Crippen molar-refractivity contribution in [2.75, 3.05) is 19.6 Å². The van der Waals surface area contributed by atoms with Gasteiger partial charge in [0, 0.05) is 19.5 Å². The van der Waals surface area contributed by atoms with Crippen LogP contribution in [0, 0.1) is 12.3 Å². The molecule has 0 radical (unpaired) electrons. The van der Waals surface area contributed by atoms with E-state index in [1.165, 1.54) is 11.1 Å². The third kappa shape index (κ3) is 2.52. The minimum Gasteiger partial charge on any atom is -0.338 e. The van der Waals surface area contributed by atoms with E-state index in [9.17, 15) is 4.79 Å². The monoisotopic (exact) mass is 258 g/mol. The van der Waals surface area contributed by atoms with Crippen molar-refractivity contribution in [3.63, 3.8) is 0 Å². The summed E-state index contributed by atoms with van der Waals surface area (Å²) < 4.78 is 0. The molecule has 3 rings (SSSR count). The van der Waals surface area contributed by atoms with Crippen LogP contribution in [0.1, 0.15) is 30.4 Å². The molecule has 1 amide bonds. The van der Waals surface area contributed by atoms with Gasteiger partial charge in [0.1, 0.15) is 0 Å². The average Bonchev–Trinajstić information content (AvgIpc) is 2.69. The maximum absolute atomic E-state index is 12.3. The lowest BCUT2D eigenvalue weighted by atomic mass is 9.78. The van der Waals surface area contributed by atoms with Crippen LogP contribution < -0.4 is 5.32 Å². The van der Waals surface area contributed by atoms with Crippen molar-refractivity contribution in [1.29, 1.82) is 0 Å². The van der Waals surface area contributed by atoms with Gasteiger partial charge in [0.25, 0.3) is 0 Å². The van der Waals surface area contributed by atoms with Crippen molar-refractivity contribution < 1.29 is 4.79 Å². The molecule has 0 aromatic heterocycles. The Morgan fingerprint density at radius 1 is 1.26 bits per heavy atom. The molecule has 0 saturated carbocycles. The maximum atomic E-state index is 12.3. The van der Waals surface area contributed by atoms with Crippen LogP contribution in [0.4, 0.5) is 0 Å². The van der Waals surface area contributed by atoms with Crippen LogP contribution in [-0.2, 0) is 11.3 Å². The lowest BCUT2D eigenvalue weighted by Gasteiger charge is -2.33. The first-order chi connectivity index (χ1) is 9.19. The van der Waals surface area contributed by atoms with Gasteiger partial charge in [-0.3, -0.25) is 4.79 Å². The Hall–Kier alpha value is -1.35. The third-order valence-electron chi connectivity index (χ3n) is 4.69. The molecule has 19 heavy (non-hydrogen) atoms. The zero-order valence-electron chi connectivity index (χ0n) is 11.6. The zero-order chi connectivity index (χ0) is 13.3. The van der Waals surface area contributed by atoms with Gasteiger partial charge in [-0.2, -0.15) is 0 Å². The highest BCUT2D eigenvalue weighted by Gasteiger charge is 2.43. The second kappa shape index (κ2) is 4.97. The number of rotatable bonds is 2. The van der Waals surface area contributed by atoms with Crippen molar-refractivity contribution in [1.82, 2.24) is 10.2 Å². The highest BCUT2D eigenvalue weighted by atomic mass is 16.2. The Labute approximate surface area is 115 Å². The predicted octanol–water partition coefficient (Wildman–Crippen LogP) is 2.10. The van der Waals surface area contributed by atoms with Gasteiger partial charge < -0.3 is 10.2 Å². The fourth-order valence-electron chi connectivity index (χ4n) is 3.41. The highest BCUT2D eigenvalue weighted by molar-refractivity contribution is 5.79. The molecule has 0 unspecified atom stereocenters. The molecular formula is C16H22N2O. The van der Waals surface area contributed by atoms with Gasteiger partial charge in [-0.25, -0.2) is 0 Å². The summed E-state index contributed by atoms with van der Waals surface area (Å²) in [4.78, 5) is 14.3. The molecular weight excluding hydrogens is 236 g/mol. The van der Waals surface area contributed by atoms with E-state index in [1.54, 1.807) is 0 Å². The molecule has 1 N–H and O–H groups in total. The van der Waals surface area contributed by atoms with Crippen molar-refractivity contribution in [3.8, 4) is 0 Å². The lowest BCUT2D eigenvalue weighted by molar-refractivity contribution is -0.128. The van der Waals surface area contributed by atoms with Crippen LogP contribution in [0.25, 0.3) is 0 Å². The average molecular weight is 258 g/mol. The molecule has 0 aliphatic carbocycles. The summed E-state index contributed by atoms with van der Waals surface area (Å²) in [6, 6.07) is 8.37. The predicted molar refractivity (Wildman–Crippen MR) is 75.7 cm³/mol. The largest absolute Gasteiger partial charge is 0.338 e. The molecule has 2 saturated heterocycles. The second-order valence-corrected chi connectivity index (χ2v) is 6.10. The van der Waals surface area contributed by atoms with Crippen molar-refractivity contribution in [2.45, 2.75) is 32.7 Å². The first-order valence-corrected chi connectivity index (χ1v) is 7.22. The molecule has 2 heterocycles. The van der Waals surface area contributed by atoms with E-state index in [2.05, 4.69) is 41.4 Å². The quantitative estimate of drug-likeness (QED) is 0.881. The summed E-state index contributed by atoms with van der Waals surface area (Å²) in [6.07, 6.45) is 3.03. The van der Waals surface area contributed by atoms with E-state index in [-0.39, 0.29) is 5.41 Å². The van der Waals surface area contributed by atoms with Crippen LogP contribution in [0.5, 0.6) is 0 Å². The number of likely N-dealkylation sites (tertiary alicyclic amines) is 1. The number of amides is 1. The van der Waals surface area contributed by atoms with E-state index >= 15 is 0 Å². The Morgan fingerprint density at radius 3 is 2.74 bits per heavy atom. The number of benzene rings is 1. The van der Waals surface area contributed by atoms with Gasteiger partial charge in [-0.1, -0.05) is 24.3 Å². The lowest BCUT2D eigenvalue weighted by Crippen LogP contribution is -2.38. The standard InChI is InChI=1S/C16H22N2O/c1-13-4-2-3-5-14(13)11-18-12-16(10-15(18)19)6-8-17-9-7-16/h2-5,17H,6-12H2,1H3. The molecule has 3 nitrogen and oxygen atoms in total.